The SMILES string of the molecule is COc1ccc(CC[NH+]=C(N)N)cc1OC. The average Bonchev–Trinajstić information content (AvgIpc) is 2.28. The third-order valence-electron chi connectivity index (χ3n) is 2.19. The molecule has 0 amide bonds. The molecule has 16 heavy (non-hydrogen) atoms. The fourth-order valence-corrected chi connectivity index (χ4v) is 1.39. The molecule has 0 aromatic heterocycles. The van der Waals surface area contributed by atoms with E-state index in [2.05, 4.69) is 4.99 Å². The molecule has 0 heterocycles. The summed E-state index contributed by atoms with van der Waals surface area (Å²) in [6, 6.07) is 5.80. The minimum Gasteiger partial charge on any atom is -0.493 e. The molecule has 5 heteroatoms. The van der Waals surface area contributed by atoms with Gasteiger partial charge in [-0.1, -0.05) is 6.07 Å². The maximum Gasteiger partial charge on any atom is 0.338 e. The summed E-state index contributed by atoms with van der Waals surface area (Å²) in [7, 11) is 3.23. The van der Waals surface area contributed by atoms with Crippen LogP contribution in [0.3, 0.4) is 0 Å². The number of hydrogen-bond acceptors (Lipinski definition) is 2. The molecule has 0 saturated heterocycles. The smallest absolute Gasteiger partial charge is 0.338 e. The molecule has 0 bridgehead atoms. The van der Waals surface area contributed by atoms with Gasteiger partial charge < -0.3 is 9.47 Å². The molecule has 1 aromatic carbocycles. The third kappa shape index (κ3) is 3.34. The van der Waals surface area contributed by atoms with Gasteiger partial charge in [0.1, 0.15) is 0 Å². The van der Waals surface area contributed by atoms with E-state index in [0.29, 0.717) is 6.54 Å². The van der Waals surface area contributed by atoms with E-state index in [9.17, 15) is 0 Å². The highest BCUT2D eigenvalue weighted by atomic mass is 16.5. The molecule has 1 rings (SSSR count). The van der Waals surface area contributed by atoms with E-state index < -0.39 is 0 Å². The van der Waals surface area contributed by atoms with Crippen LogP contribution in [0.4, 0.5) is 0 Å². The minimum absolute atomic E-state index is 0.237. The normalized spacial score (nSPS) is 9.62. The van der Waals surface area contributed by atoms with Gasteiger partial charge in [0.2, 0.25) is 0 Å². The number of benzene rings is 1. The predicted molar refractivity (Wildman–Crippen MR) is 62.5 cm³/mol. The molecule has 0 fully saturated rings. The number of rotatable bonds is 5. The van der Waals surface area contributed by atoms with Crippen LogP contribution in [0, 0.1) is 0 Å². The second kappa shape index (κ2) is 5.85. The first-order chi connectivity index (χ1) is 7.67. The van der Waals surface area contributed by atoms with E-state index in [-0.39, 0.29) is 5.96 Å². The Morgan fingerprint density at radius 3 is 2.44 bits per heavy atom. The molecule has 0 spiro atoms. The van der Waals surface area contributed by atoms with Gasteiger partial charge in [-0.2, -0.15) is 0 Å². The Balaban J connectivity index is 2.71. The summed E-state index contributed by atoms with van der Waals surface area (Å²) < 4.78 is 10.4. The molecule has 0 atom stereocenters. The van der Waals surface area contributed by atoms with Crippen LogP contribution in [-0.2, 0) is 6.42 Å². The molecule has 0 saturated carbocycles. The summed E-state index contributed by atoms with van der Waals surface area (Å²) in [4.78, 5) is 2.86. The zero-order valence-electron chi connectivity index (χ0n) is 9.62. The average molecular weight is 224 g/mol. The lowest BCUT2D eigenvalue weighted by Crippen LogP contribution is -2.78. The maximum atomic E-state index is 5.30. The van der Waals surface area contributed by atoms with Crippen molar-refractivity contribution in [1.82, 2.24) is 0 Å². The van der Waals surface area contributed by atoms with Crippen molar-refractivity contribution in [3.63, 3.8) is 0 Å². The molecular weight excluding hydrogens is 206 g/mol. The Kier molecular flexibility index (Phi) is 4.44. The van der Waals surface area contributed by atoms with Crippen molar-refractivity contribution in [3.05, 3.63) is 23.8 Å². The van der Waals surface area contributed by atoms with Crippen LogP contribution in [-0.4, -0.2) is 26.7 Å². The summed E-state index contributed by atoms with van der Waals surface area (Å²) in [5.41, 5.74) is 11.7. The van der Waals surface area contributed by atoms with E-state index in [4.69, 9.17) is 20.9 Å². The maximum absolute atomic E-state index is 5.30. The molecule has 1 aromatic rings. The molecule has 5 nitrogen and oxygen atoms in total. The molecule has 88 valence electrons. The Bertz CT molecular complexity index is 373. The van der Waals surface area contributed by atoms with E-state index in [1.165, 1.54) is 0 Å². The largest absolute Gasteiger partial charge is 0.493 e. The quantitative estimate of drug-likeness (QED) is 0.424. The van der Waals surface area contributed by atoms with Gasteiger partial charge in [0, 0.05) is 6.42 Å². The number of hydrogen-bond donors (Lipinski definition) is 3. The van der Waals surface area contributed by atoms with Gasteiger partial charge in [-0.05, 0) is 17.7 Å². The van der Waals surface area contributed by atoms with Gasteiger partial charge in [-0.15, -0.1) is 0 Å². The lowest BCUT2D eigenvalue weighted by atomic mass is 10.1. The lowest BCUT2D eigenvalue weighted by Gasteiger charge is -2.08. The molecule has 0 aliphatic rings. The summed E-state index contributed by atoms with van der Waals surface area (Å²) in [6.07, 6.45) is 0.818. The summed E-state index contributed by atoms with van der Waals surface area (Å²) in [6.45, 7) is 0.692. The lowest BCUT2D eigenvalue weighted by molar-refractivity contribution is -0.458. The van der Waals surface area contributed by atoms with Gasteiger partial charge in [-0.3, -0.25) is 16.5 Å². The van der Waals surface area contributed by atoms with E-state index in [0.717, 1.165) is 23.5 Å². The van der Waals surface area contributed by atoms with Crippen molar-refractivity contribution < 1.29 is 14.5 Å². The van der Waals surface area contributed by atoms with Crippen LogP contribution >= 0.6 is 0 Å². The Morgan fingerprint density at radius 2 is 1.88 bits per heavy atom. The number of nitrogens with one attached hydrogen (secondary N) is 1. The zero-order chi connectivity index (χ0) is 12.0. The van der Waals surface area contributed by atoms with Crippen LogP contribution in [0.15, 0.2) is 18.2 Å². The monoisotopic (exact) mass is 224 g/mol. The standard InChI is InChI=1S/C11H17N3O2/c1-15-9-4-3-8(7-10(9)16-2)5-6-14-11(12)13/h3-4,7H,5-6H2,1-2H3,(H4,12,13,14)/p+1. The molecule has 0 aliphatic heterocycles. The minimum atomic E-state index is 0.237. The van der Waals surface area contributed by atoms with Gasteiger partial charge in [0.25, 0.3) is 0 Å². The van der Waals surface area contributed by atoms with E-state index in [1.807, 2.05) is 18.2 Å². The zero-order valence-corrected chi connectivity index (χ0v) is 9.62. The van der Waals surface area contributed by atoms with Crippen molar-refractivity contribution in [2.75, 3.05) is 20.8 Å². The van der Waals surface area contributed by atoms with Crippen molar-refractivity contribution in [3.8, 4) is 11.5 Å². The Labute approximate surface area is 95.1 Å². The van der Waals surface area contributed by atoms with E-state index in [1.54, 1.807) is 14.2 Å². The van der Waals surface area contributed by atoms with E-state index >= 15 is 0 Å². The highest BCUT2D eigenvalue weighted by molar-refractivity contribution is 5.69. The third-order valence-corrected chi connectivity index (χ3v) is 2.19. The summed E-state index contributed by atoms with van der Waals surface area (Å²) in [5.74, 6) is 1.69. The molecule has 5 N–H and O–H groups in total. The first-order valence-electron chi connectivity index (χ1n) is 5.00. The first kappa shape index (κ1) is 12.2. The topological polar surface area (TPSA) is 84.5 Å². The van der Waals surface area contributed by atoms with Crippen molar-refractivity contribution in [2.45, 2.75) is 6.42 Å². The van der Waals surface area contributed by atoms with Crippen LogP contribution in [0.1, 0.15) is 5.56 Å². The van der Waals surface area contributed by atoms with Gasteiger partial charge in [0.15, 0.2) is 11.5 Å². The summed E-state index contributed by atoms with van der Waals surface area (Å²) >= 11 is 0. The second-order valence-corrected chi connectivity index (χ2v) is 3.32. The summed E-state index contributed by atoms with van der Waals surface area (Å²) in [5, 5.41) is 0. The van der Waals surface area contributed by atoms with Crippen molar-refractivity contribution in [2.24, 2.45) is 11.5 Å². The highest BCUT2D eigenvalue weighted by Gasteiger charge is 2.04. The molecule has 0 unspecified atom stereocenters. The van der Waals surface area contributed by atoms with Crippen LogP contribution in [0.25, 0.3) is 0 Å². The van der Waals surface area contributed by atoms with Crippen molar-refractivity contribution in [1.29, 1.82) is 0 Å². The molecular formula is C11H18N3O2+. The van der Waals surface area contributed by atoms with Gasteiger partial charge in [0.05, 0.1) is 20.8 Å². The Hall–Kier alpha value is -1.91. The van der Waals surface area contributed by atoms with Gasteiger partial charge in [-0.25, -0.2) is 0 Å². The van der Waals surface area contributed by atoms with Crippen LogP contribution in [0.5, 0.6) is 11.5 Å². The Morgan fingerprint density at radius 1 is 1.19 bits per heavy atom. The molecule has 0 aliphatic carbocycles. The number of ether oxygens (including phenoxy) is 2. The van der Waals surface area contributed by atoms with Crippen LogP contribution < -0.4 is 25.9 Å². The fraction of sp³-hybridized carbons (Fsp3) is 0.364. The second-order valence-electron chi connectivity index (χ2n) is 3.32. The van der Waals surface area contributed by atoms with Crippen LogP contribution in [0.2, 0.25) is 0 Å². The highest BCUT2D eigenvalue weighted by Crippen LogP contribution is 2.27. The number of nitrogens with two attached hydrogens (primary N) is 2. The molecule has 0 radical (unpaired) electrons. The predicted octanol–water partition coefficient (Wildman–Crippen LogP) is -1.40. The van der Waals surface area contributed by atoms with Crippen molar-refractivity contribution >= 4 is 5.96 Å². The van der Waals surface area contributed by atoms with Gasteiger partial charge >= 0.3 is 5.96 Å². The number of guanidine groups is 1. The number of methoxy groups -OCH3 is 2. The first-order valence-corrected chi connectivity index (χ1v) is 5.00. The fourth-order valence-electron chi connectivity index (χ4n) is 1.39.